The summed E-state index contributed by atoms with van der Waals surface area (Å²) in [6.45, 7) is 0. The van der Waals surface area contributed by atoms with Crippen LogP contribution >= 0.6 is 11.8 Å². The molecule has 3 heterocycles. The third kappa shape index (κ3) is 1.86. The number of hydrogen-bond acceptors (Lipinski definition) is 5. The van der Waals surface area contributed by atoms with E-state index in [0.717, 1.165) is 11.9 Å². The van der Waals surface area contributed by atoms with E-state index in [1.54, 1.807) is 22.9 Å². The van der Waals surface area contributed by atoms with Gasteiger partial charge in [0.1, 0.15) is 16.4 Å². The summed E-state index contributed by atoms with van der Waals surface area (Å²) in [5.41, 5.74) is 1.25. The van der Waals surface area contributed by atoms with Crippen molar-refractivity contribution in [2.24, 2.45) is 0 Å². The van der Waals surface area contributed by atoms with E-state index >= 15 is 0 Å². The zero-order chi connectivity index (χ0) is 12.4. The van der Waals surface area contributed by atoms with Gasteiger partial charge in [0.2, 0.25) is 0 Å². The van der Waals surface area contributed by atoms with E-state index in [1.165, 1.54) is 11.8 Å². The summed E-state index contributed by atoms with van der Waals surface area (Å²) >= 11 is 1.28. The third-order valence-electron chi connectivity index (χ3n) is 2.37. The second kappa shape index (κ2) is 4.58. The molecule has 0 spiro atoms. The molecule has 0 N–H and O–H groups in total. The molecule has 3 aromatic rings. The SMILES string of the molecule is O=Cc1c(Sc2ncccn2)nc2ccccn12. The number of pyridine rings is 1. The van der Waals surface area contributed by atoms with Crippen LogP contribution in [0.4, 0.5) is 0 Å². The van der Waals surface area contributed by atoms with Crippen molar-refractivity contribution in [2.45, 2.75) is 10.2 Å². The summed E-state index contributed by atoms with van der Waals surface area (Å²) in [5.74, 6) is 0. The van der Waals surface area contributed by atoms with E-state index in [0.29, 0.717) is 15.9 Å². The van der Waals surface area contributed by atoms with Gasteiger partial charge in [0.05, 0.1) is 0 Å². The molecule has 0 atom stereocenters. The molecular formula is C12H8N4OS. The summed E-state index contributed by atoms with van der Waals surface area (Å²) in [5, 5.41) is 1.19. The van der Waals surface area contributed by atoms with Gasteiger partial charge in [-0.25, -0.2) is 15.0 Å². The van der Waals surface area contributed by atoms with Crippen molar-refractivity contribution < 1.29 is 4.79 Å². The Morgan fingerprint density at radius 3 is 2.78 bits per heavy atom. The number of hydrogen-bond donors (Lipinski definition) is 0. The fraction of sp³-hybridized carbons (Fsp3) is 0. The van der Waals surface area contributed by atoms with Crippen LogP contribution in [0.1, 0.15) is 10.5 Å². The van der Waals surface area contributed by atoms with Crippen molar-refractivity contribution in [1.82, 2.24) is 19.4 Å². The quantitative estimate of drug-likeness (QED) is 0.530. The highest BCUT2D eigenvalue weighted by atomic mass is 32.2. The average molecular weight is 256 g/mol. The van der Waals surface area contributed by atoms with Crippen molar-refractivity contribution in [3.05, 3.63) is 48.5 Å². The molecule has 3 aromatic heterocycles. The topological polar surface area (TPSA) is 60.2 Å². The predicted octanol–water partition coefficient (Wildman–Crippen LogP) is 2.09. The van der Waals surface area contributed by atoms with Gasteiger partial charge in [-0.05, 0) is 30.0 Å². The van der Waals surface area contributed by atoms with E-state index in [1.807, 2.05) is 24.4 Å². The monoisotopic (exact) mass is 256 g/mol. The van der Waals surface area contributed by atoms with Gasteiger partial charge in [0, 0.05) is 18.6 Å². The van der Waals surface area contributed by atoms with E-state index in [4.69, 9.17) is 0 Å². The highest BCUT2D eigenvalue weighted by Crippen LogP contribution is 2.26. The van der Waals surface area contributed by atoms with Gasteiger partial charge >= 0.3 is 0 Å². The molecule has 88 valence electrons. The van der Waals surface area contributed by atoms with E-state index in [-0.39, 0.29) is 0 Å². The summed E-state index contributed by atoms with van der Waals surface area (Å²) in [6.07, 6.45) is 5.92. The first-order valence-corrected chi connectivity index (χ1v) is 6.07. The first-order valence-electron chi connectivity index (χ1n) is 5.25. The van der Waals surface area contributed by atoms with Gasteiger partial charge in [0.15, 0.2) is 11.4 Å². The molecule has 3 rings (SSSR count). The largest absolute Gasteiger partial charge is 0.296 e. The maximum absolute atomic E-state index is 11.2. The predicted molar refractivity (Wildman–Crippen MR) is 66.7 cm³/mol. The molecule has 5 nitrogen and oxygen atoms in total. The number of rotatable bonds is 3. The Labute approximate surface area is 107 Å². The molecule has 0 unspecified atom stereocenters. The Morgan fingerprint density at radius 2 is 2.00 bits per heavy atom. The Kier molecular flexibility index (Phi) is 2.77. The molecule has 6 heteroatoms. The lowest BCUT2D eigenvalue weighted by atomic mass is 10.4. The molecule has 0 fully saturated rings. The van der Waals surface area contributed by atoms with Crippen molar-refractivity contribution in [2.75, 3.05) is 0 Å². The fourth-order valence-electron chi connectivity index (χ4n) is 1.60. The average Bonchev–Trinajstić information content (AvgIpc) is 2.77. The van der Waals surface area contributed by atoms with Crippen LogP contribution in [-0.4, -0.2) is 25.6 Å². The lowest BCUT2D eigenvalue weighted by molar-refractivity contribution is 0.111. The van der Waals surface area contributed by atoms with E-state index in [9.17, 15) is 4.79 Å². The zero-order valence-corrected chi connectivity index (χ0v) is 10.0. The van der Waals surface area contributed by atoms with Crippen LogP contribution in [0, 0.1) is 0 Å². The molecule has 0 aliphatic carbocycles. The van der Waals surface area contributed by atoms with Crippen molar-refractivity contribution in [1.29, 1.82) is 0 Å². The van der Waals surface area contributed by atoms with Gasteiger partial charge in [-0.15, -0.1) is 0 Å². The third-order valence-corrected chi connectivity index (χ3v) is 3.26. The fourth-order valence-corrected chi connectivity index (χ4v) is 2.39. The molecule has 0 bridgehead atoms. The van der Waals surface area contributed by atoms with Crippen LogP contribution in [0.5, 0.6) is 0 Å². The molecule has 0 aliphatic heterocycles. The van der Waals surface area contributed by atoms with Gasteiger partial charge in [-0.1, -0.05) is 6.07 Å². The van der Waals surface area contributed by atoms with Crippen LogP contribution in [0.25, 0.3) is 5.65 Å². The van der Waals surface area contributed by atoms with Crippen LogP contribution < -0.4 is 0 Å². The lowest BCUT2D eigenvalue weighted by Crippen LogP contribution is -1.91. The zero-order valence-electron chi connectivity index (χ0n) is 9.22. The van der Waals surface area contributed by atoms with E-state index < -0.39 is 0 Å². The smallest absolute Gasteiger partial charge is 0.193 e. The van der Waals surface area contributed by atoms with Crippen LogP contribution in [-0.2, 0) is 0 Å². The first kappa shape index (κ1) is 10.9. The number of carbonyl (C=O) groups is 1. The maximum atomic E-state index is 11.2. The molecule has 18 heavy (non-hydrogen) atoms. The normalized spacial score (nSPS) is 10.7. The summed E-state index contributed by atoms with van der Waals surface area (Å²) in [7, 11) is 0. The molecular weight excluding hydrogens is 248 g/mol. The number of nitrogens with zero attached hydrogens (tertiary/aromatic N) is 4. The molecule has 0 aliphatic rings. The minimum Gasteiger partial charge on any atom is -0.296 e. The summed E-state index contributed by atoms with van der Waals surface area (Å²) in [6, 6.07) is 7.33. The minimum absolute atomic E-state index is 0.517. The maximum Gasteiger partial charge on any atom is 0.193 e. The Hall–Kier alpha value is -2.21. The number of fused-ring (bicyclic) bond motifs is 1. The molecule has 0 aromatic carbocycles. The van der Waals surface area contributed by atoms with Crippen molar-refractivity contribution in [3.8, 4) is 0 Å². The van der Waals surface area contributed by atoms with Crippen LogP contribution in [0.15, 0.2) is 53.0 Å². The Bertz CT molecular complexity index is 696. The van der Waals surface area contributed by atoms with Crippen molar-refractivity contribution >= 4 is 23.7 Å². The molecule has 0 radical (unpaired) electrons. The second-order valence-electron chi connectivity index (χ2n) is 3.48. The van der Waals surface area contributed by atoms with Crippen LogP contribution in [0.2, 0.25) is 0 Å². The molecule has 0 amide bonds. The Morgan fingerprint density at radius 1 is 1.17 bits per heavy atom. The highest BCUT2D eigenvalue weighted by Gasteiger charge is 2.13. The van der Waals surface area contributed by atoms with Gasteiger partial charge < -0.3 is 0 Å². The number of carbonyl (C=O) groups excluding carboxylic acids is 1. The van der Waals surface area contributed by atoms with Crippen LogP contribution in [0.3, 0.4) is 0 Å². The van der Waals surface area contributed by atoms with Gasteiger partial charge in [-0.2, -0.15) is 0 Å². The molecule has 0 saturated heterocycles. The van der Waals surface area contributed by atoms with Crippen molar-refractivity contribution in [3.63, 3.8) is 0 Å². The summed E-state index contributed by atoms with van der Waals surface area (Å²) in [4.78, 5) is 23.8. The molecule has 0 saturated carbocycles. The van der Waals surface area contributed by atoms with E-state index in [2.05, 4.69) is 15.0 Å². The summed E-state index contributed by atoms with van der Waals surface area (Å²) < 4.78 is 1.75. The number of aromatic nitrogens is 4. The highest BCUT2D eigenvalue weighted by molar-refractivity contribution is 7.99. The second-order valence-corrected chi connectivity index (χ2v) is 4.44. The Balaban J connectivity index is 2.09. The minimum atomic E-state index is 0.517. The van der Waals surface area contributed by atoms with Gasteiger partial charge in [-0.3, -0.25) is 9.20 Å². The lowest BCUT2D eigenvalue weighted by Gasteiger charge is -1.96. The van der Waals surface area contributed by atoms with Gasteiger partial charge in [0.25, 0.3) is 0 Å². The first-order chi connectivity index (χ1) is 8.88. The standard InChI is InChI=1S/C12H8N4OS/c17-8-9-11(18-12-13-5-3-6-14-12)15-10-4-1-2-7-16(9)10/h1-8H. The number of imidazole rings is 1. The number of aldehydes is 1.